The molecule has 0 aliphatic carbocycles. The summed E-state index contributed by atoms with van der Waals surface area (Å²) in [6, 6.07) is 1.60. The number of rotatable bonds is 5. The first-order chi connectivity index (χ1) is 7.70. The standard InChI is InChI=1S/C11H17N3O2/c1-2-14(6-3-7-15)11(16)9-8-13-5-4-10(9)12/h4-5,8,15H,2-3,6-7H2,1H3,(H2,12,13). The summed E-state index contributed by atoms with van der Waals surface area (Å²) in [4.78, 5) is 17.6. The van der Waals surface area contributed by atoms with Gasteiger partial charge in [-0.15, -0.1) is 0 Å². The smallest absolute Gasteiger partial charge is 0.257 e. The van der Waals surface area contributed by atoms with Gasteiger partial charge < -0.3 is 15.7 Å². The molecule has 0 aliphatic rings. The van der Waals surface area contributed by atoms with Crippen molar-refractivity contribution >= 4 is 11.6 Å². The van der Waals surface area contributed by atoms with Gasteiger partial charge in [-0.05, 0) is 19.4 Å². The van der Waals surface area contributed by atoms with E-state index in [1.807, 2.05) is 6.92 Å². The van der Waals surface area contributed by atoms with Crippen molar-refractivity contribution in [2.24, 2.45) is 0 Å². The summed E-state index contributed by atoms with van der Waals surface area (Å²) in [5.41, 5.74) is 6.56. The van der Waals surface area contributed by atoms with Gasteiger partial charge in [-0.1, -0.05) is 0 Å². The molecule has 1 amide bonds. The molecule has 5 heteroatoms. The van der Waals surface area contributed by atoms with E-state index in [0.29, 0.717) is 30.8 Å². The van der Waals surface area contributed by atoms with E-state index in [9.17, 15) is 4.79 Å². The Morgan fingerprint density at radius 1 is 1.62 bits per heavy atom. The van der Waals surface area contributed by atoms with E-state index in [-0.39, 0.29) is 12.5 Å². The Morgan fingerprint density at radius 2 is 2.38 bits per heavy atom. The second-order valence-corrected chi connectivity index (χ2v) is 3.42. The first-order valence-corrected chi connectivity index (χ1v) is 5.30. The van der Waals surface area contributed by atoms with Gasteiger partial charge >= 0.3 is 0 Å². The third kappa shape index (κ3) is 2.93. The van der Waals surface area contributed by atoms with Crippen LogP contribution < -0.4 is 5.73 Å². The van der Waals surface area contributed by atoms with Crippen LogP contribution in [0.1, 0.15) is 23.7 Å². The molecule has 0 saturated heterocycles. The lowest BCUT2D eigenvalue weighted by atomic mass is 10.2. The first-order valence-electron chi connectivity index (χ1n) is 5.30. The lowest BCUT2D eigenvalue weighted by molar-refractivity contribution is 0.0755. The zero-order valence-electron chi connectivity index (χ0n) is 9.39. The number of nitrogens with zero attached hydrogens (tertiary/aromatic N) is 2. The molecule has 5 nitrogen and oxygen atoms in total. The quantitative estimate of drug-likeness (QED) is 0.762. The molecule has 0 atom stereocenters. The molecule has 16 heavy (non-hydrogen) atoms. The van der Waals surface area contributed by atoms with Crippen molar-refractivity contribution in [3.8, 4) is 0 Å². The maximum atomic E-state index is 12.0. The van der Waals surface area contributed by atoms with Gasteiger partial charge in [-0.2, -0.15) is 0 Å². The fraction of sp³-hybridized carbons (Fsp3) is 0.455. The molecular formula is C11H17N3O2. The minimum Gasteiger partial charge on any atom is -0.398 e. The minimum atomic E-state index is -0.137. The number of aliphatic hydroxyl groups is 1. The van der Waals surface area contributed by atoms with E-state index in [1.165, 1.54) is 6.20 Å². The second-order valence-electron chi connectivity index (χ2n) is 3.42. The average Bonchev–Trinajstić information content (AvgIpc) is 2.30. The molecular weight excluding hydrogens is 206 g/mol. The van der Waals surface area contributed by atoms with Gasteiger partial charge in [0.2, 0.25) is 0 Å². The van der Waals surface area contributed by atoms with Gasteiger partial charge in [-0.25, -0.2) is 0 Å². The van der Waals surface area contributed by atoms with Gasteiger partial charge in [0.25, 0.3) is 5.91 Å². The number of aliphatic hydroxyl groups excluding tert-OH is 1. The van der Waals surface area contributed by atoms with Crippen LogP contribution in [0.15, 0.2) is 18.5 Å². The molecule has 0 bridgehead atoms. The number of hydrogen-bond donors (Lipinski definition) is 2. The van der Waals surface area contributed by atoms with Crippen LogP contribution in [0.5, 0.6) is 0 Å². The Kier molecular flexibility index (Phi) is 4.72. The Labute approximate surface area is 94.9 Å². The van der Waals surface area contributed by atoms with Crippen molar-refractivity contribution in [1.82, 2.24) is 9.88 Å². The average molecular weight is 223 g/mol. The molecule has 1 heterocycles. The lowest BCUT2D eigenvalue weighted by Gasteiger charge is -2.20. The number of nitrogens with two attached hydrogens (primary N) is 1. The molecule has 1 aromatic rings. The van der Waals surface area contributed by atoms with Crippen molar-refractivity contribution in [1.29, 1.82) is 0 Å². The largest absolute Gasteiger partial charge is 0.398 e. The number of nitrogen functional groups attached to an aromatic ring is 1. The van der Waals surface area contributed by atoms with Crippen LogP contribution in [0.2, 0.25) is 0 Å². The summed E-state index contributed by atoms with van der Waals surface area (Å²) in [5, 5.41) is 8.74. The van der Waals surface area contributed by atoms with E-state index in [2.05, 4.69) is 4.98 Å². The van der Waals surface area contributed by atoms with E-state index < -0.39 is 0 Å². The number of carbonyl (C=O) groups excluding carboxylic acids is 1. The number of amides is 1. The topological polar surface area (TPSA) is 79.5 Å². The number of aromatic nitrogens is 1. The maximum absolute atomic E-state index is 12.0. The molecule has 3 N–H and O–H groups in total. The second kappa shape index (κ2) is 6.07. The summed E-state index contributed by atoms with van der Waals surface area (Å²) in [7, 11) is 0. The molecule has 1 rings (SSSR count). The van der Waals surface area contributed by atoms with E-state index in [4.69, 9.17) is 10.8 Å². The maximum Gasteiger partial charge on any atom is 0.257 e. The monoisotopic (exact) mass is 223 g/mol. The third-order valence-electron chi connectivity index (χ3n) is 2.34. The molecule has 0 aliphatic heterocycles. The third-order valence-corrected chi connectivity index (χ3v) is 2.34. The molecule has 0 saturated carbocycles. The number of pyridine rings is 1. The fourth-order valence-corrected chi connectivity index (χ4v) is 1.42. The Bertz CT molecular complexity index is 355. The van der Waals surface area contributed by atoms with Gasteiger partial charge in [0.1, 0.15) is 0 Å². The Hall–Kier alpha value is -1.62. The highest BCUT2D eigenvalue weighted by atomic mass is 16.3. The predicted molar refractivity (Wildman–Crippen MR) is 61.9 cm³/mol. The van der Waals surface area contributed by atoms with Gasteiger partial charge in [0.05, 0.1) is 5.56 Å². The Morgan fingerprint density at radius 3 is 2.94 bits per heavy atom. The molecule has 1 aromatic heterocycles. The number of carbonyl (C=O) groups is 1. The highest BCUT2D eigenvalue weighted by Crippen LogP contribution is 2.12. The van der Waals surface area contributed by atoms with Crippen LogP contribution in [0, 0.1) is 0 Å². The summed E-state index contributed by atoms with van der Waals surface area (Å²) < 4.78 is 0. The van der Waals surface area contributed by atoms with E-state index in [0.717, 1.165) is 0 Å². The summed E-state index contributed by atoms with van der Waals surface area (Å²) in [6.45, 7) is 3.08. The van der Waals surface area contributed by atoms with Gasteiger partial charge in [0, 0.05) is 37.8 Å². The van der Waals surface area contributed by atoms with Crippen molar-refractivity contribution in [3.63, 3.8) is 0 Å². The van der Waals surface area contributed by atoms with Crippen LogP contribution in [-0.4, -0.2) is 40.6 Å². The highest BCUT2D eigenvalue weighted by molar-refractivity contribution is 5.98. The molecule has 0 fully saturated rings. The molecule has 0 spiro atoms. The first kappa shape index (κ1) is 12.4. The Balaban J connectivity index is 2.79. The summed E-state index contributed by atoms with van der Waals surface area (Å²) >= 11 is 0. The fourth-order valence-electron chi connectivity index (χ4n) is 1.42. The SMILES string of the molecule is CCN(CCCO)C(=O)c1cnccc1N. The summed E-state index contributed by atoms with van der Waals surface area (Å²) in [6.07, 6.45) is 3.59. The minimum absolute atomic E-state index is 0.0757. The molecule has 0 aromatic carbocycles. The number of anilines is 1. The van der Waals surface area contributed by atoms with Crippen LogP contribution in [0.3, 0.4) is 0 Å². The van der Waals surface area contributed by atoms with Crippen LogP contribution >= 0.6 is 0 Å². The van der Waals surface area contributed by atoms with E-state index >= 15 is 0 Å². The molecule has 0 radical (unpaired) electrons. The van der Waals surface area contributed by atoms with Crippen molar-refractivity contribution in [2.45, 2.75) is 13.3 Å². The molecule has 88 valence electrons. The van der Waals surface area contributed by atoms with E-state index in [1.54, 1.807) is 17.2 Å². The summed E-state index contributed by atoms with van der Waals surface area (Å²) in [5.74, 6) is -0.137. The van der Waals surface area contributed by atoms with Crippen LogP contribution in [0.4, 0.5) is 5.69 Å². The lowest BCUT2D eigenvalue weighted by Crippen LogP contribution is -2.32. The highest BCUT2D eigenvalue weighted by Gasteiger charge is 2.16. The van der Waals surface area contributed by atoms with Crippen LogP contribution in [-0.2, 0) is 0 Å². The molecule has 0 unspecified atom stereocenters. The van der Waals surface area contributed by atoms with Gasteiger partial charge in [-0.3, -0.25) is 9.78 Å². The zero-order valence-corrected chi connectivity index (χ0v) is 9.39. The van der Waals surface area contributed by atoms with Crippen molar-refractivity contribution < 1.29 is 9.90 Å². The van der Waals surface area contributed by atoms with Gasteiger partial charge in [0.15, 0.2) is 0 Å². The predicted octanol–water partition coefficient (Wildman–Crippen LogP) is 0.508. The van der Waals surface area contributed by atoms with Crippen LogP contribution in [0.25, 0.3) is 0 Å². The van der Waals surface area contributed by atoms with Crippen molar-refractivity contribution in [2.75, 3.05) is 25.4 Å². The number of hydrogen-bond acceptors (Lipinski definition) is 4. The zero-order chi connectivity index (χ0) is 12.0. The normalized spacial score (nSPS) is 10.1. The van der Waals surface area contributed by atoms with Crippen molar-refractivity contribution in [3.05, 3.63) is 24.0 Å².